The second-order valence-electron chi connectivity index (χ2n) is 6.75. The number of aromatic nitrogens is 2. The van der Waals surface area contributed by atoms with E-state index in [0.717, 1.165) is 24.1 Å². The number of aryl methyl sites for hydroxylation is 1. The maximum Gasteiger partial charge on any atom is 0.269 e. The Hall–Kier alpha value is -2.88. The van der Waals surface area contributed by atoms with Crippen LogP contribution in [0.15, 0.2) is 61.1 Å². The molecule has 0 fully saturated rings. The van der Waals surface area contributed by atoms with Crippen molar-refractivity contribution in [3.05, 3.63) is 72.3 Å². The molecule has 1 amide bonds. The first-order chi connectivity index (χ1) is 13.2. The number of unbranched alkanes of at least 4 members (excludes halogenated alkanes) is 1. The lowest BCUT2D eigenvalue weighted by molar-refractivity contribution is 0.0947. The number of carbonyl (C=O) groups is 1. The third kappa shape index (κ3) is 4.64. The van der Waals surface area contributed by atoms with Gasteiger partial charge < -0.3 is 5.32 Å². The quantitative estimate of drug-likeness (QED) is 0.612. The Labute approximate surface area is 161 Å². The van der Waals surface area contributed by atoms with Crippen molar-refractivity contribution in [3.63, 3.8) is 0 Å². The summed E-state index contributed by atoms with van der Waals surface area (Å²) in [5, 5.41) is 2.90. The average molecular weight is 361 g/mol. The SMILES string of the molecule is CCCCc1ccc(-c2ccc(-n3cncc3C(=O)NCCC)cc2)cc1. The van der Waals surface area contributed by atoms with E-state index in [-0.39, 0.29) is 5.91 Å². The summed E-state index contributed by atoms with van der Waals surface area (Å²) in [6.45, 7) is 4.92. The third-order valence-electron chi connectivity index (χ3n) is 4.66. The molecular weight excluding hydrogens is 334 g/mol. The van der Waals surface area contributed by atoms with Gasteiger partial charge in [0.25, 0.3) is 5.91 Å². The predicted octanol–water partition coefficient (Wildman–Crippen LogP) is 5.02. The first kappa shape index (κ1) is 18.9. The highest BCUT2D eigenvalue weighted by atomic mass is 16.1. The van der Waals surface area contributed by atoms with Crippen LogP contribution < -0.4 is 5.32 Å². The number of nitrogens with one attached hydrogen (secondary N) is 1. The predicted molar refractivity (Wildman–Crippen MR) is 110 cm³/mol. The summed E-state index contributed by atoms with van der Waals surface area (Å²) in [4.78, 5) is 16.4. The zero-order chi connectivity index (χ0) is 19.1. The van der Waals surface area contributed by atoms with Crippen molar-refractivity contribution in [2.24, 2.45) is 0 Å². The molecule has 3 rings (SSSR count). The highest BCUT2D eigenvalue weighted by molar-refractivity contribution is 5.93. The van der Waals surface area contributed by atoms with E-state index >= 15 is 0 Å². The van der Waals surface area contributed by atoms with Crippen molar-refractivity contribution in [1.82, 2.24) is 14.9 Å². The molecule has 2 aromatic carbocycles. The molecule has 4 nitrogen and oxygen atoms in total. The van der Waals surface area contributed by atoms with E-state index in [0.29, 0.717) is 12.2 Å². The van der Waals surface area contributed by atoms with Crippen LogP contribution in [0.1, 0.15) is 49.2 Å². The zero-order valence-electron chi connectivity index (χ0n) is 16.1. The molecule has 0 saturated heterocycles. The normalized spacial score (nSPS) is 10.7. The summed E-state index contributed by atoms with van der Waals surface area (Å²) in [5.41, 5.74) is 5.23. The van der Waals surface area contributed by atoms with E-state index in [2.05, 4.69) is 53.6 Å². The summed E-state index contributed by atoms with van der Waals surface area (Å²) in [6, 6.07) is 17.0. The molecule has 1 heterocycles. The standard InChI is InChI=1S/C23H27N3O/c1-3-5-6-18-7-9-19(10-8-18)20-11-13-21(14-12-20)26-17-24-16-22(26)23(27)25-15-4-2/h7-14,16-17H,3-6,15H2,1-2H3,(H,25,27). The first-order valence-corrected chi connectivity index (χ1v) is 9.73. The molecule has 1 N–H and O–H groups in total. The van der Waals surface area contributed by atoms with Crippen molar-refractivity contribution < 1.29 is 4.79 Å². The van der Waals surface area contributed by atoms with Crippen LogP contribution in [0.2, 0.25) is 0 Å². The molecule has 140 valence electrons. The monoisotopic (exact) mass is 361 g/mol. The van der Waals surface area contributed by atoms with Crippen molar-refractivity contribution in [3.8, 4) is 16.8 Å². The van der Waals surface area contributed by atoms with E-state index in [1.165, 1.54) is 24.0 Å². The lowest BCUT2D eigenvalue weighted by Crippen LogP contribution is -2.26. The number of hydrogen-bond acceptors (Lipinski definition) is 2. The van der Waals surface area contributed by atoms with Crippen LogP contribution in [0, 0.1) is 0 Å². The summed E-state index contributed by atoms with van der Waals surface area (Å²) >= 11 is 0. The number of amides is 1. The van der Waals surface area contributed by atoms with Gasteiger partial charge in [-0.1, -0.05) is 56.7 Å². The Balaban J connectivity index is 1.76. The molecule has 0 radical (unpaired) electrons. The van der Waals surface area contributed by atoms with E-state index in [1.54, 1.807) is 12.5 Å². The fraction of sp³-hybridized carbons (Fsp3) is 0.304. The Kier molecular flexibility index (Phi) is 6.42. The van der Waals surface area contributed by atoms with Crippen LogP contribution in [-0.4, -0.2) is 22.0 Å². The molecular formula is C23H27N3O. The third-order valence-corrected chi connectivity index (χ3v) is 4.66. The van der Waals surface area contributed by atoms with E-state index in [4.69, 9.17) is 0 Å². The lowest BCUT2D eigenvalue weighted by atomic mass is 10.0. The number of benzene rings is 2. The summed E-state index contributed by atoms with van der Waals surface area (Å²) in [6.07, 6.45) is 7.78. The Bertz CT molecular complexity index is 863. The second-order valence-corrected chi connectivity index (χ2v) is 6.75. The van der Waals surface area contributed by atoms with Gasteiger partial charge in [0.15, 0.2) is 0 Å². The van der Waals surface area contributed by atoms with Gasteiger partial charge in [0, 0.05) is 12.2 Å². The molecule has 0 unspecified atom stereocenters. The number of hydrogen-bond donors (Lipinski definition) is 1. The van der Waals surface area contributed by atoms with E-state index in [1.807, 2.05) is 23.6 Å². The van der Waals surface area contributed by atoms with Gasteiger partial charge in [-0.05, 0) is 48.1 Å². The van der Waals surface area contributed by atoms with Crippen LogP contribution in [0.25, 0.3) is 16.8 Å². The van der Waals surface area contributed by atoms with Crippen molar-refractivity contribution >= 4 is 5.91 Å². The van der Waals surface area contributed by atoms with Crippen molar-refractivity contribution in [2.45, 2.75) is 39.5 Å². The summed E-state index contributed by atoms with van der Waals surface area (Å²) in [5.74, 6) is -0.0962. The number of carbonyl (C=O) groups excluding carboxylic acids is 1. The molecule has 4 heteroatoms. The van der Waals surface area contributed by atoms with E-state index < -0.39 is 0 Å². The van der Waals surface area contributed by atoms with Crippen molar-refractivity contribution in [1.29, 1.82) is 0 Å². The van der Waals surface area contributed by atoms with Gasteiger partial charge in [-0.2, -0.15) is 0 Å². The van der Waals surface area contributed by atoms with Gasteiger partial charge in [-0.25, -0.2) is 4.98 Å². The molecule has 1 aromatic heterocycles. The minimum absolute atomic E-state index is 0.0962. The van der Waals surface area contributed by atoms with Gasteiger partial charge in [-0.15, -0.1) is 0 Å². The molecule has 3 aromatic rings. The van der Waals surface area contributed by atoms with Gasteiger partial charge in [-0.3, -0.25) is 9.36 Å². The molecule has 0 aliphatic heterocycles. The van der Waals surface area contributed by atoms with Crippen LogP contribution >= 0.6 is 0 Å². The van der Waals surface area contributed by atoms with Crippen LogP contribution in [0.3, 0.4) is 0 Å². The highest BCUT2D eigenvalue weighted by Gasteiger charge is 2.12. The average Bonchev–Trinajstić information content (AvgIpc) is 3.21. The molecule has 0 bridgehead atoms. The highest BCUT2D eigenvalue weighted by Crippen LogP contribution is 2.22. The number of imidazole rings is 1. The Morgan fingerprint density at radius 2 is 1.63 bits per heavy atom. The molecule has 0 aliphatic carbocycles. The van der Waals surface area contributed by atoms with Crippen LogP contribution in [-0.2, 0) is 6.42 Å². The Morgan fingerprint density at radius 3 is 2.26 bits per heavy atom. The van der Waals surface area contributed by atoms with Crippen LogP contribution in [0.5, 0.6) is 0 Å². The zero-order valence-corrected chi connectivity index (χ0v) is 16.1. The van der Waals surface area contributed by atoms with E-state index in [9.17, 15) is 4.79 Å². The molecule has 0 saturated carbocycles. The first-order valence-electron chi connectivity index (χ1n) is 9.73. The Morgan fingerprint density at radius 1 is 0.963 bits per heavy atom. The van der Waals surface area contributed by atoms with Gasteiger partial charge in [0.1, 0.15) is 5.69 Å². The minimum atomic E-state index is -0.0962. The fourth-order valence-corrected chi connectivity index (χ4v) is 3.06. The van der Waals surface area contributed by atoms with Crippen molar-refractivity contribution in [2.75, 3.05) is 6.54 Å². The molecule has 0 atom stereocenters. The number of nitrogens with zero attached hydrogens (tertiary/aromatic N) is 2. The molecule has 0 aliphatic rings. The second kappa shape index (κ2) is 9.17. The van der Waals surface area contributed by atoms with Gasteiger partial charge in [0.2, 0.25) is 0 Å². The van der Waals surface area contributed by atoms with Gasteiger partial charge in [0.05, 0.1) is 12.5 Å². The largest absolute Gasteiger partial charge is 0.351 e. The maximum absolute atomic E-state index is 12.3. The summed E-state index contributed by atoms with van der Waals surface area (Å²) < 4.78 is 1.82. The number of rotatable bonds is 8. The topological polar surface area (TPSA) is 46.9 Å². The summed E-state index contributed by atoms with van der Waals surface area (Å²) in [7, 11) is 0. The van der Waals surface area contributed by atoms with Crippen LogP contribution in [0.4, 0.5) is 0 Å². The fourth-order valence-electron chi connectivity index (χ4n) is 3.06. The minimum Gasteiger partial charge on any atom is -0.351 e. The molecule has 27 heavy (non-hydrogen) atoms. The smallest absolute Gasteiger partial charge is 0.269 e. The molecule has 0 spiro atoms. The maximum atomic E-state index is 12.3. The van der Waals surface area contributed by atoms with Gasteiger partial charge >= 0.3 is 0 Å². The lowest BCUT2D eigenvalue weighted by Gasteiger charge is -2.10.